The topological polar surface area (TPSA) is 42.4 Å². The number of rotatable bonds is 1. The highest BCUT2D eigenvalue weighted by Crippen LogP contribution is 2.20. The van der Waals surface area contributed by atoms with E-state index in [0.29, 0.717) is 12.4 Å². The molecule has 1 saturated heterocycles. The van der Waals surface area contributed by atoms with Crippen LogP contribution >= 0.6 is 11.6 Å². The molecular formula is C8H7ClN2O2. The van der Waals surface area contributed by atoms with Gasteiger partial charge in [0.05, 0.1) is 6.54 Å². The number of hydrogen-bond acceptors (Lipinski definition) is 3. The molecule has 0 bridgehead atoms. The van der Waals surface area contributed by atoms with Gasteiger partial charge in [0.2, 0.25) is 0 Å². The van der Waals surface area contributed by atoms with Crippen LogP contribution in [0.25, 0.3) is 0 Å². The van der Waals surface area contributed by atoms with Gasteiger partial charge in [0.25, 0.3) is 0 Å². The maximum absolute atomic E-state index is 11.2. The lowest BCUT2D eigenvalue weighted by molar-refractivity contribution is 0.170. The fourth-order valence-electron chi connectivity index (χ4n) is 1.13. The first-order chi connectivity index (χ1) is 6.27. The largest absolute Gasteiger partial charge is 0.427 e. The summed E-state index contributed by atoms with van der Waals surface area (Å²) in [6.45, 7) is 0.345. The van der Waals surface area contributed by atoms with Crippen molar-refractivity contribution in [3.05, 3.63) is 24.4 Å². The number of amides is 1. The molecule has 0 saturated carbocycles. The van der Waals surface area contributed by atoms with Gasteiger partial charge in [-0.25, -0.2) is 9.78 Å². The fourth-order valence-corrected chi connectivity index (χ4v) is 1.34. The Bertz CT molecular complexity index is 317. The number of alkyl halides is 1. The third-order valence-electron chi connectivity index (χ3n) is 1.70. The van der Waals surface area contributed by atoms with Crippen LogP contribution in [0.5, 0.6) is 0 Å². The second-order valence-corrected chi connectivity index (χ2v) is 3.08. The van der Waals surface area contributed by atoms with Crippen LogP contribution < -0.4 is 4.90 Å². The number of carbonyl (C=O) groups excluding carboxylic acids is 1. The van der Waals surface area contributed by atoms with E-state index in [4.69, 9.17) is 16.3 Å². The van der Waals surface area contributed by atoms with Gasteiger partial charge >= 0.3 is 6.09 Å². The number of hydrogen-bond donors (Lipinski definition) is 0. The Morgan fingerprint density at radius 2 is 2.46 bits per heavy atom. The van der Waals surface area contributed by atoms with Gasteiger partial charge in [-0.3, -0.25) is 4.90 Å². The van der Waals surface area contributed by atoms with Crippen molar-refractivity contribution in [2.45, 2.75) is 5.56 Å². The molecule has 1 atom stereocenters. The van der Waals surface area contributed by atoms with Gasteiger partial charge in [-0.1, -0.05) is 17.7 Å². The number of halogens is 1. The van der Waals surface area contributed by atoms with Crippen molar-refractivity contribution < 1.29 is 9.53 Å². The summed E-state index contributed by atoms with van der Waals surface area (Å²) in [4.78, 5) is 16.6. The molecule has 5 heteroatoms. The Morgan fingerprint density at radius 1 is 1.62 bits per heavy atom. The fraction of sp³-hybridized carbons (Fsp3) is 0.250. The van der Waals surface area contributed by atoms with Crippen LogP contribution in [0.3, 0.4) is 0 Å². The molecule has 1 aromatic heterocycles. The summed E-state index contributed by atoms with van der Waals surface area (Å²) < 4.78 is 4.74. The molecule has 0 radical (unpaired) electrons. The van der Waals surface area contributed by atoms with E-state index >= 15 is 0 Å². The molecule has 1 aliphatic heterocycles. The minimum absolute atomic E-state index is 0.345. The van der Waals surface area contributed by atoms with E-state index in [2.05, 4.69) is 4.98 Å². The molecule has 2 heterocycles. The highest BCUT2D eigenvalue weighted by Gasteiger charge is 2.31. The predicted molar refractivity (Wildman–Crippen MR) is 47.7 cm³/mol. The highest BCUT2D eigenvalue weighted by atomic mass is 35.5. The summed E-state index contributed by atoms with van der Waals surface area (Å²) in [7, 11) is 0. The molecule has 4 nitrogen and oxygen atoms in total. The maximum atomic E-state index is 11.2. The molecule has 68 valence electrons. The number of anilines is 1. The molecule has 0 N–H and O–H groups in total. The van der Waals surface area contributed by atoms with E-state index in [1.54, 1.807) is 24.4 Å². The second kappa shape index (κ2) is 3.22. The maximum Gasteiger partial charge on any atom is 0.417 e. The van der Waals surface area contributed by atoms with Crippen LogP contribution in [0.1, 0.15) is 0 Å². The van der Waals surface area contributed by atoms with E-state index in [9.17, 15) is 4.79 Å². The normalized spacial score (nSPS) is 21.8. The first-order valence-corrected chi connectivity index (χ1v) is 4.24. The van der Waals surface area contributed by atoms with E-state index < -0.39 is 11.7 Å². The third-order valence-corrected chi connectivity index (χ3v) is 1.93. The number of carbonyl (C=O) groups is 1. The lowest BCUT2D eigenvalue weighted by Gasteiger charge is -2.09. The molecule has 1 aliphatic rings. The van der Waals surface area contributed by atoms with Gasteiger partial charge in [0, 0.05) is 6.20 Å². The van der Waals surface area contributed by atoms with E-state index in [0.717, 1.165) is 0 Å². The zero-order chi connectivity index (χ0) is 9.26. The van der Waals surface area contributed by atoms with Crippen molar-refractivity contribution in [1.82, 2.24) is 4.98 Å². The van der Waals surface area contributed by atoms with E-state index in [1.165, 1.54) is 4.90 Å². The molecule has 1 aromatic rings. The Hall–Kier alpha value is -1.29. The predicted octanol–water partition coefficient (Wildman–Crippen LogP) is 1.60. The second-order valence-electron chi connectivity index (χ2n) is 2.59. The van der Waals surface area contributed by atoms with Crippen molar-refractivity contribution >= 4 is 23.5 Å². The minimum atomic E-state index is -0.575. The number of nitrogens with zero attached hydrogens (tertiary/aromatic N) is 2. The minimum Gasteiger partial charge on any atom is -0.427 e. The molecule has 0 aromatic carbocycles. The van der Waals surface area contributed by atoms with Crippen molar-refractivity contribution in [3.8, 4) is 0 Å². The van der Waals surface area contributed by atoms with Crippen LogP contribution in [0.15, 0.2) is 24.4 Å². The summed E-state index contributed by atoms with van der Waals surface area (Å²) in [5.41, 5.74) is -0.575. The van der Waals surface area contributed by atoms with Crippen LogP contribution in [0.4, 0.5) is 10.6 Å². The molecule has 0 spiro atoms. The van der Waals surface area contributed by atoms with Crippen LogP contribution in [-0.4, -0.2) is 23.2 Å². The monoisotopic (exact) mass is 198 g/mol. The van der Waals surface area contributed by atoms with Crippen molar-refractivity contribution in [3.63, 3.8) is 0 Å². The van der Waals surface area contributed by atoms with Gasteiger partial charge in [0.15, 0.2) is 5.56 Å². The first kappa shape index (κ1) is 8.31. The Morgan fingerprint density at radius 3 is 3.00 bits per heavy atom. The number of pyridine rings is 1. The average Bonchev–Trinajstić information content (AvgIpc) is 2.47. The summed E-state index contributed by atoms with van der Waals surface area (Å²) in [5.74, 6) is 0.565. The summed E-state index contributed by atoms with van der Waals surface area (Å²) >= 11 is 5.64. The summed E-state index contributed by atoms with van der Waals surface area (Å²) in [6, 6.07) is 5.32. The van der Waals surface area contributed by atoms with Crippen molar-refractivity contribution in [1.29, 1.82) is 0 Å². The quantitative estimate of drug-likeness (QED) is 0.644. The van der Waals surface area contributed by atoms with Gasteiger partial charge in [-0.2, -0.15) is 0 Å². The molecule has 0 aliphatic carbocycles. The lowest BCUT2D eigenvalue weighted by atomic mass is 10.4. The van der Waals surface area contributed by atoms with Crippen LogP contribution in [0.2, 0.25) is 0 Å². The zero-order valence-electron chi connectivity index (χ0n) is 6.68. The number of aromatic nitrogens is 1. The molecular weight excluding hydrogens is 192 g/mol. The average molecular weight is 199 g/mol. The lowest BCUT2D eigenvalue weighted by Crippen LogP contribution is -2.24. The standard InChI is InChI=1S/C8H7ClN2O2/c9-6-5-11(8(12)13-6)7-3-1-2-4-10-7/h1-4,6H,5H2. The van der Waals surface area contributed by atoms with Gasteiger partial charge in [-0.05, 0) is 12.1 Å². The number of ether oxygens (including phenoxy) is 1. The first-order valence-electron chi connectivity index (χ1n) is 3.80. The Labute approximate surface area is 80.1 Å². The van der Waals surface area contributed by atoms with Crippen LogP contribution in [0, 0.1) is 0 Å². The summed E-state index contributed by atoms with van der Waals surface area (Å²) in [5, 5.41) is 0. The zero-order valence-corrected chi connectivity index (χ0v) is 7.44. The third kappa shape index (κ3) is 1.58. The molecule has 1 fully saturated rings. The molecule has 1 unspecified atom stereocenters. The van der Waals surface area contributed by atoms with Gasteiger partial charge < -0.3 is 4.74 Å². The highest BCUT2D eigenvalue weighted by molar-refractivity contribution is 6.21. The number of cyclic esters (lactones) is 1. The van der Waals surface area contributed by atoms with Crippen molar-refractivity contribution in [2.75, 3.05) is 11.4 Å². The van der Waals surface area contributed by atoms with Gasteiger partial charge in [-0.15, -0.1) is 0 Å². The van der Waals surface area contributed by atoms with E-state index in [1.807, 2.05) is 0 Å². The molecule has 13 heavy (non-hydrogen) atoms. The SMILES string of the molecule is O=C1OC(Cl)CN1c1ccccn1. The smallest absolute Gasteiger partial charge is 0.417 e. The van der Waals surface area contributed by atoms with Crippen molar-refractivity contribution in [2.24, 2.45) is 0 Å². The Kier molecular flexibility index (Phi) is 2.06. The van der Waals surface area contributed by atoms with Gasteiger partial charge in [0.1, 0.15) is 5.82 Å². The van der Waals surface area contributed by atoms with Crippen LogP contribution in [-0.2, 0) is 4.74 Å². The Balaban J connectivity index is 2.23. The van der Waals surface area contributed by atoms with E-state index in [-0.39, 0.29) is 0 Å². The molecule has 1 amide bonds. The molecule has 2 rings (SSSR count). The summed E-state index contributed by atoms with van der Waals surface area (Å²) in [6.07, 6.45) is 1.17.